The van der Waals surface area contributed by atoms with Gasteiger partial charge in [-0.25, -0.2) is 8.42 Å². The molecule has 202 valence electrons. The lowest BCUT2D eigenvalue weighted by atomic mass is 10.1. The SMILES string of the molecule is CC(C(=O)NC(C)(C)C)N(Cc1ccc(Cl)cc1Cl)C(=O)CN(c1ccc2c(c1)OCCO2)S(C)(=O)=O. The Morgan fingerprint density at radius 2 is 1.70 bits per heavy atom. The third-order valence-electron chi connectivity index (χ3n) is 5.51. The summed E-state index contributed by atoms with van der Waals surface area (Å²) in [6.07, 6.45) is 1.01. The third-order valence-corrected chi connectivity index (χ3v) is 7.24. The van der Waals surface area contributed by atoms with Crippen LogP contribution in [0.2, 0.25) is 10.0 Å². The molecule has 12 heteroatoms. The van der Waals surface area contributed by atoms with Gasteiger partial charge in [-0.15, -0.1) is 0 Å². The average molecular weight is 573 g/mol. The summed E-state index contributed by atoms with van der Waals surface area (Å²) in [4.78, 5) is 28.0. The number of carbonyl (C=O) groups is 2. The Kier molecular flexibility index (Phi) is 8.87. The van der Waals surface area contributed by atoms with Crippen molar-refractivity contribution in [1.82, 2.24) is 10.2 Å². The number of rotatable bonds is 8. The molecule has 1 aliphatic heterocycles. The molecule has 37 heavy (non-hydrogen) atoms. The first-order valence-electron chi connectivity index (χ1n) is 11.6. The Morgan fingerprint density at radius 3 is 2.30 bits per heavy atom. The second kappa shape index (κ2) is 11.4. The van der Waals surface area contributed by atoms with Crippen LogP contribution in [0.5, 0.6) is 11.5 Å². The lowest BCUT2D eigenvalue weighted by Crippen LogP contribution is -2.54. The van der Waals surface area contributed by atoms with Crippen LogP contribution in [0.3, 0.4) is 0 Å². The number of hydrogen-bond donors (Lipinski definition) is 1. The minimum absolute atomic E-state index is 0.0354. The maximum absolute atomic E-state index is 13.7. The van der Waals surface area contributed by atoms with E-state index >= 15 is 0 Å². The largest absolute Gasteiger partial charge is 0.486 e. The fraction of sp³-hybridized carbons (Fsp3) is 0.440. The first-order chi connectivity index (χ1) is 17.2. The zero-order chi connectivity index (χ0) is 27.5. The summed E-state index contributed by atoms with van der Waals surface area (Å²) in [6.45, 7) is 7.19. The van der Waals surface area contributed by atoms with Gasteiger partial charge in [-0.1, -0.05) is 29.3 Å². The maximum atomic E-state index is 13.7. The zero-order valence-electron chi connectivity index (χ0n) is 21.4. The molecule has 2 aromatic rings. The van der Waals surface area contributed by atoms with Gasteiger partial charge >= 0.3 is 0 Å². The van der Waals surface area contributed by atoms with Crippen LogP contribution >= 0.6 is 23.2 Å². The van der Waals surface area contributed by atoms with E-state index in [-0.39, 0.29) is 12.2 Å². The van der Waals surface area contributed by atoms with Crippen LogP contribution in [0.15, 0.2) is 36.4 Å². The van der Waals surface area contributed by atoms with Crippen molar-refractivity contribution in [3.05, 3.63) is 52.0 Å². The van der Waals surface area contributed by atoms with Crippen LogP contribution in [0, 0.1) is 0 Å². The van der Waals surface area contributed by atoms with E-state index in [2.05, 4.69) is 5.32 Å². The number of anilines is 1. The van der Waals surface area contributed by atoms with Gasteiger partial charge in [0.1, 0.15) is 25.8 Å². The van der Waals surface area contributed by atoms with Crippen molar-refractivity contribution in [2.75, 3.05) is 30.3 Å². The molecule has 2 amide bonds. The lowest BCUT2D eigenvalue weighted by molar-refractivity contribution is -0.140. The smallest absolute Gasteiger partial charge is 0.244 e. The van der Waals surface area contributed by atoms with Crippen LogP contribution in [0.1, 0.15) is 33.3 Å². The molecule has 3 rings (SSSR count). The van der Waals surface area contributed by atoms with Gasteiger partial charge in [-0.2, -0.15) is 0 Å². The number of ether oxygens (including phenoxy) is 2. The highest BCUT2D eigenvalue weighted by Gasteiger charge is 2.32. The van der Waals surface area contributed by atoms with Gasteiger partial charge in [0, 0.05) is 28.2 Å². The topological polar surface area (TPSA) is 105 Å². The first kappa shape index (κ1) is 28.9. The van der Waals surface area contributed by atoms with E-state index in [1.807, 2.05) is 20.8 Å². The van der Waals surface area contributed by atoms with E-state index in [0.29, 0.717) is 40.3 Å². The molecule has 9 nitrogen and oxygen atoms in total. The quantitative estimate of drug-likeness (QED) is 0.515. The standard InChI is InChI=1S/C25H31Cl2N3O6S/c1-16(24(32)28-25(2,3)4)29(14-17-6-7-18(26)12-20(17)27)23(31)15-30(37(5,33)34)19-8-9-21-22(13-19)36-11-10-35-21/h6-9,12-13,16H,10-11,14-15H2,1-5H3,(H,28,32). The molecule has 0 aliphatic carbocycles. The van der Waals surface area contributed by atoms with Gasteiger partial charge in [0.15, 0.2) is 11.5 Å². The van der Waals surface area contributed by atoms with Crippen LogP contribution < -0.4 is 19.1 Å². The van der Waals surface area contributed by atoms with Crippen LogP contribution in [-0.4, -0.2) is 62.7 Å². The van der Waals surface area contributed by atoms with Crippen LogP contribution in [0.4, 0.5) is 5.69 Å². The molecule has 0 bridgehead atoms. The van der Waals surface area contributed by atoms with Gasteiger partial charge in [0.05, 0.1) is 11.9 Å². The Morgan fingerprint density at radius 1 is 1.05 bits per heavy atom. The number of sulfonamides is 1. The number of halogens is 2. The molecule has 0 radical (unpaired) electrons. The van der Waals surface area contributed by atoms with E-state index in [1.54, 1.807) is 31.2 Å². The Hall–Kier alpha value is -2.69. The normalized spacial score (nSPS) is 14.0. The molecule has 0 aromatic heterocycles. The zero-order valence-corrected chi connectivity index (χ0v) is 23.7. The Balaban J connectivity index is 1.95. The summed E-state index contributed by atoms with van der Waals surface area (Å²) in [5, 5.41) is 3.61. The predicted octanol–water partition coefficient (Wildman–Crippen LogP) is 3.86. The number of amides is 2. The number of benzene rings is 2. The maximum Gasteiger partial charge on any atom is 0.244 e. The number of hydrogen-bond acceptors (Lipinski definition) is 6. The molecule has 0 saturated carbocycles. The summed E-state index contributed by atoms with van der Waals surface area (Å²) in [5.41, 5.74) is 0.249. The molecule has 1 atom stereocenters. The summed E-state index contributed by atoms with van der Waals surface area (Å²) in [6, 6.07) is 8.55. The van der Waals surface area contributed by atoms with Gasteiger partial charge in [-0.3, -0.25) is 13.9 Å². The minimum atomic E-state index is -3.89. The van der Waals surface area contributed by atoms with Gasteiger partial charge in [0.2, 0.25) is 21.8 Å². The number of nitrogens with zero attached hydrogens (tertiary/aromatic N) is 2. The van der Waals surface area contributed by atoms with Crippen molar-refractivity contribution in [1.29, 1.82) is 0 Å². The fourth-order valence-electron chi connectivity index (χ4n) is 3.69. The number of nitrogens with one attached hydrogen (secondary N) is 1. The molecule has 1 heterocycles. The van der Waals surface area contributed by atoms with Crippen LogP contribution in [-0.2, 0) is 26.2 Å². The molecule has 0 saturated heterocycles. The van der Waals surface area contributed by atoms with E-state index in [0.717, 1.165) is 10.6 Å². The lowest BCUT2D eigenvalue weighted by Gasteiger charge is -2.33. The average Bonchev–Trinajstić information content (AvgIpc) is 2.79. The number of carbonyl (C=O) groups excluding carboxylic acids is 2. The van der Waals surface area contributed by atoms with Gasteiger partial charge < -0.3 is 19.7 Å². The van der Waals surface area contributed by atoms with E-state index in [9.17, 15) is 18.0 Å². The van der Waals surface area contributed by atoms with Crippen LogP contribution in [0.25, 0.3) is 0 Å². The number of fused-ring (bicyclic) bond motifs is 1. The molecule has 1 N–H and O–H groups in total. The van der Waals surface area contributed by atoms with E-state index in [4.69, 9.17) is 32.7 Å². The molecule has 2 aromatic carbocycles. The van der Waals surface area contributed by atoms with E-state index < -0.39 is 40.0 Å². The predicted molar refractivity (Wildman–Crippen MR) is 144 cm³/mol. The molecular weight excluding hydrogens is 541 g/mol. The van der Waals surface area contributed by atoms with Crippen molar-refractivity contribution in [2.45, 2.75) is 45.8 Å². The molecule has 1 aliphatic rings. The van der Waals surface area contributed by atoms with Gasteiger partial charge in [-0.05, 0) is 57.5 Å². The Bertz CT molecular complexity index is 1280. The highest BCUT2D eigenvalue weighted by molar-refractivity contribution is 7.92. The molecule has 1 unspecified atom stereocenters. The van der Waals surface area contributed by atoms with Crippen molar-refractivity contribution in [2.24, 2.45) is 0 Å². The molecular formula is C25H31Cl2N3O6S. The van der Waals surface area contributed by atoms with Gasteiger partial charge in [0.25, 0.3) is 0 Å². The second-order valence-corrected chi connectivity index (χ2v) is 12.5. The molecule has 0 fully saturated rings. The van der Waals surface area contributed by atoms with Crippen molar-refractivity contribution >= 4 is 50.7 Å². The van der Waals surface area contributed by atoms with Crippen molar-refractivity contribution in [3.63, 3.8) is 0 Å². The fourth-order valence-corrected chi connectivity index (χ4v) is 5.00. The highest BCUT2D eigenvalue weighted by atomic mass is 35.5. The minimum Gasteiger partial charge on any atom is -0.486 e. The van der Waals surface area contributed by atoms with Crippen molar-refractivity contribution in [3.8, 4) is 11.5 Å². The summed E-state index contributed by atoms with van der Waals surface area (Å²) >= 11 is 12.4. The monoisotopic (exact) mass is 571 g/mol. The Labute approximate surface area is 227 Å². The summed E-state index contributed by atoms with van der Waals surface area (Å²) < 4.78 is 37.6. The second-order valence-electron chi connectivity index (χ2n) is 9.77. The molecule has 0 spiro atoms. The first-order valence-corrected chi connectivity index (χ1v) is 14.2. The summed E-state index contributed by atoms with van der Waals surface area (Å²) in [5.74, 6) is -0.118. The summed E-state index contributed by atoms with van der Waals surface area (Å²) in [7, 11) is -3.89. The third kappa shape index (κ3) is 7.66. The van der Waals surface area contributed by atoms with Crippen molar-refractivity contribution < 1.29 is 27.5 Å². The highest BCUT2D eigenvalue weighted by Crippen LogP contribution is 2.35. The van der Waals surface area contributed by atoms with E-state index in [1.165, 1.54) is 17.0 Å².